The van der Waals surface area contributed by atoms with Gasteiger partial charge in [0, 0.05) is 6.42 Å². The van der Waals surface area contributed by atoms with Crippen LogP contribution in [0.2, 0.25) is 0 Å². The van der Waals surface area contributed by atoms with Gasteiger partial charge in [-0.25, -0.2) is 0 Å². The van der Waals surface area contributed by atoms with Gasteiger partial charge >= 0.3 is 0 Å². The first-order chi connectivity index (χ1) is 9.67. The average molecular weight is 268 g/mol. The second-order valence-electron chi connectivity index (χ2n) is 6.57. The lowest BCUT2D eigenvalue weighted by atomic mass is 9.80. The Kier molecular flexibility index (Phi) is 2.66. The number of rotatable bonds is 2. The van der Waals surface area contributed by atoms with Crippen LogP contribution in [0.1, 0.15) is 25.3 Å². The van der Waals surface area contributed by atoms with E-state index in [1.807, 2.05) is 0 Å². The van der Waals surface area contributed by atoms with Gasteiger partial charge in [0.05, 0.1) is 24.4 Å². The third-order valence-corrected chi connectivity index (χ3v) is 4.82. The van der Waals surface area contributed by atoms with Crippen molar-refractivity contribution in [3.8, 4) is 0 Å². The summed E-state index contributed by atoms with van der Waals surface area (Å²) in [4.78, 5) is 0. The standard InChI is InChI=1S/C18H20O2/c1-17-8-9-18(13-19-17,20-12-17)11-14-6-7-15-4-2-3-5-16(15)10-14/h2-7,10H,8-9,11-13H2,1H3. The second-order valence-corrected chi connectivity index (χ2v) is 6.57. The van der Waals surface area contributed by atoms with Crippen molar-refractivity contribution < 1.29 is 9.47 Å². The molecule has 3 heterocycles. The maximum Gasteiger partial charge on any atom is 0.0957 e. The molecule has 0 aromatic heterocycles. The fourth-order valence-electron chi connectivity index (χ4n) is 3.39. The first kappa shape index (κ1) is 12.4. The van der Waals surface area contributed by atoms with Gasteiger partial charge < -0.3 is 9.47 Å². The smallest absolute Gasteiger partial charge is 0.0957 e. The third-order valence-electron chi connectivity index (χ3n) is 4.82. The van der Waals surface area contributed by atoms with Crippen LogP contribution < -0.4 is 0 Å². The lowest BCUT2D eigenvalue weighted by Crippen LogP contribution is -2.59. The number of benzene rings is 2. The molecule has 2 unspecified atom stereocenters. The van der Waals surface area contributed by atoms with Gasteiger partial charge in [-0.3, -0.25) is 0 Å². The molecule has 104 valence electrons. The average Bonchev–Trinajstić information content (AvgIpc) is 2.49. The molecule has 2 heteroatoms. The summed E-state index contributed by atoms with van der Waals surface area (Å²) in [6.45, 7) is 3.63. The van der Waals surface area contributed by atoms with Gasteiger partial charge in [-0.2, -0.15) is 0 Å². The molecule has 5 rings (SSSR count). The Morgan fingerprint density at radius 3 is 2.50 bits per heavy atom. The molecule has 20 heavy (non-hydrogen) atoms. The van der Waals surface area contributed by atoms with Crippen LogP contribution in [0, 0.1) is 0 Å². The van der Waals surface area contributed by atoms with Crippen molar-refractivity contribution in [2.45, 2.75) is 37.4 Å². The Labute approximate surface area is 119 Å². The zero-order valence-corrected chi connectivity index (χ0v) is 11.9. The van der Waals surface area contributed by atoms with Gasteiger partial charge in [-0.15, -0.1) is 0 Å². The van der Waals surface area contributed by atoms with Gasteiger partial charge in [0.1, 0.15) is 0 Å². The van der Waals surface area contributed by atoms with Crippen molar-refractivity contribution in [1.29, 1.82) is 0 Å². The Hall–Kier alpha value is -1.38. The third kappa shape index (κ3) is 2.04. The van der Waals surface area contributed by atoms with Crippen LogP contribution in [0.15, 0.2) is 42.5 Å². The second kappa shape index (κ2) is 4.31. The van der Waals surface area contributed by atoms with E-state index in [1.54, 1.807) is 0 Å². The van der Waals surface area contributed by atoms with Crippen molar-refractivity contribution in [2.75, 3.05) is 13.2 Å². The monoisotopic (exact) mass is 268 g/mol. The van der Waals surface area contributed by atoms with Crippen LogP contribution in [0.5, 0.6) is 0 Å². The van der Waals surface area contributed by atoms with Gasteiger partial charge in [-0.05, 0) is 36.1 Å². The molecule has 3 aliphatic heterocycles. The minimum atomic E-state index is -0.0970. The summed E-state index contributed by atoms with van der Waals surface area (Å²) in [7, 11) is 0. The van der Waals surface area contributed by atoms with Crippen molar-refractivity contribution >= 4 is 10.8 Å². The predicted molar refractivity (Wildman–Crippen MR) is 79.9 cm³/mol. The van der Waals surface area contributed by atoms with E-state index in [-0.39, 0.29) is 11.2 Å². The Morgan fingerprint density at radius 2 is 1.80 bits per heavy atom. The van der Waals surface area contributed by atoms with Gasteiger partial charge in [0.2, 0.25) is 0 Å². The first-order valence-electron chi connectivity index (χ1n) is 7.42. The van der Waals surface area contributed by atoms with E-state index in [4.69, 9.17) is 9.47 Å². The molecule has 2 atom stereocenters. The molecular weight excluding hydrogens is 248 g/mol. The molecule has 2 aromatic carbocycles. The molecular formula is C18H20O2. The molecule has 3 saturated heterocycles. The SMILES string of the molecule is CC12CCC(Cc3ccc4ccccc4c3)(CO1)OC2. The number of fused-ring (bicyclic) bond motifs is 4. The lowest BCUT2D eigenvalue weighted by molar-refractivity contribution is -0.271. The van der Waals surface area contributed by atoms with Crippen LogP contribution in [0.3, 0.4) is 0 Å². The maximum atomic E-state index is 6.16. The summed E-state index contributed by atoms with van der Waals surface area (Å²) in [6.07, 6.45) is 3.17. The summed E-state index contributed by atoms with van der Waals surface area (Å²) < 4.78 is 12.2. The maximum absolute atomic E-state index is 6.16. The van der Waals surface area contributed by atoms with Crippen molar-refractivity contribution in [2.24, 2.45) is 0 Å². The molecule has 2 bridgehead atoms. The van der Waals surface area contributed by atoms with Crippen molar-refractivity contribution in [3.63, 3.8) is 0 Å². The van der Waals surface area contributed by atoms with E-state index in [0.717, 1.165) is 32.5 Å². The summed E-state index contributed by atoms with van der Waals surface area (Å²) in [5, 5.41) is 2.60. The number of hydrogen-bond donors (Lipinski definition) is 0. The molecule has 0 amide bonds. The quantitative estimate of drug-likeness (QED) is 0.826. The molecule has 0 saturated carbocycles. The fourth-order valence-corrected chi connectivity index (χ4v) is 3.39. The van der Waals surface area contributed by atoms with Crippen LogP contribution in [-0.4, -0.2) is 24.4 Å². The van der Waals surface area contributed by atoms with Crippen LogP contribution >= 0.6 is 0 Å². The minimum absolute atomic E-state index is 0.0366. The molecule has 2 nitrogen and oxygen atoms in total. The van der Waals surface area contributed by atoms with E-state index < -0.39 is 0 Å². The lowest BCUT2D eigenvalue weighted by Gasteiger charge is -2.51. The number of hydrogen-bond acceptors (Lipinski definition) is 2. The van der Waals surface area contributed by atoms with Crippen molar-refractivity contribution in [3.05, 3.63) is 48.0 Å². The summed E-state index contributed by atoms with van der Waals surface area (Å²) in [5.41, 5.74) is 1.21. The van der Waals surface area contributed by atoms with Gasteiger partial charge in [-0.1, -0.05) is 42.5 Å². The van der Waals surface area contributed by atoms with Crippen LogP contribution in [0.4, 0.5) is 0 Å². The van der Waals surface area contributed by atoms with Crippen LogP contribution in [-0.2, 0) is 15.9 Å². The zero-order valence-electron chi connectivity index (χ0n) is 11.9. The van der Waals surface area contributed by atoms with Crippen LogP contribution in [0.25, 0.3) is 10.8 Å². The highest BCUT2D eigenvalue weighted by atomic mass is 16.6. The topological polar surface area (TPSA) is 18.5 Å². The van der Waals surface area contributed by atoms with Crippen molar-refractivity contribution in [1.82, 2.24) is 0 Å². The predicted octanol–water partition coefficient (Wildman–Crippen LogP) is 3.72. The summed E-state index contributed by atoms with van der Waals surface area (Å²) in [6, 6.07) is 15.2. The Bertz CT molecular complexity index is 622. The summed E-state index contributed by atoms with van der Waals surface area (Å²) in [5.74, 6) is 0. The summed E-state index contributed by atoms with van der Waals surface area (Å²) >= 11 is 0. The van der Waals surface area contributed by atoms with E-state index in [1.165, 1.54) is 16.3 Å². The van der Waals surface area contributed by atoms with E-state index in [9.17, 15) is 0 Å². The highest BCUT2D eigenvalue weighted by Crippen LogP contribution is 2.41. The molecule has 0 spiro atoms. The molecule has 0 aliphatic carbocycles. The van der Waals surface area contributed by atoms with Gasteiger partial charge in [0.25, 0.3) is 0 Å². The largest absolute Gasteiger partial charge is 0.370 e. The Balaban J connectivity index is 1.61. The van der Waals surface area contributed by atoms with E-state index >= 15 is 0 Å². The Morgan fingerprint density at radius 1 is 0.950 bits per heavy atom. The fraction of sp³-hybridized carbons (Fsp3) is 0.444. The molecule has 3 aliphatic rings. The van der Waals surface area contributed by atoms with Gasteiger partial charge in [0.15, 0.2) is 0 Å². The minimum Gasteiger partial charge on any atom is -0.370 e. The first-order valence-corrected chi connectivity index (χ1v) is 7.42. The molecule has 2 aromatic rings. The highest BCUT2D eigenvalue weighted by Gasteiger charge is 2.48. The number of ether oxygens (including phenoxy) is 2. The molecule has 3 fully saturated rings. The van der Waals surface area contributed by atoms with E-state index in [0.29, 0.717) is 0 Å². The zero-order chi connectivity index (χ0) is 13.6. The molecule has 0 N–H and O–H groups in total. The van der Waals surface area contributed by atoms with E-state index in [2.05, 4.69) is 49.4 Å². The normalized spacial score (nSPS) is 32.6. The highest BCUT2D eigenvalue weighted by molar-refractivity contribution is 5.83. The molecule has 0 radical (unpaired) electrons.